The molecule has 1 N–H and O–H groups in total. The second kappa shape index (κ2) is 4.24. The largest absolute Gasteiger partial charge is 0.313 e. The summed E-state index contributed by atoms with van der Waals surface area (Å²) in [6.45, 7) is 1.95. The molecule has 3 heteroatoms. The molecule has 0 aromatic heterocycles. The van der Waals surface area contributed by atoms with E-state index in [-0.39, 0.29) is 5.82 Å². The first kappa shape index (κ1) is 9.87. The molecule has 1 saturated heterocycles. The number of hydrogen-bond acceptors (Lipinski definition) is 1. The summed E-state index contributed by atoms with van der Waals surface area (Å²) >= 11 is 3.28. The molecule has 0 spiro atoms. The van der Waals surface area contributed by atoms with Crippen LogP contribution in [0.25, 0.3) is 6.08 Å². The Balaban J connectivity index is 2.27. The van der Waals surface area contributed by atoms with Crippen LogP contribution in [0.1, 0.15) is 12.0 Å². The first-order valence-corrected chi connectivity index (χ1v) is 5.39. The molecule has 1 heterocycles. The second-order valence-corrected chi connectivity index (χ2v) is 4.35. The molecule has 1 fully saturated rings. The molecule has 1 aromatic carbocycles. The Labute approximate surface area is 91.1 Å². The highest BCUT2D eigenvalue weighted by atomic mass is 79.9. The predicted molar refractivity (Wildman–Crippen MR) is 59.6 cm³/mol. The minimum absolute atomic E-state index is 0.197. The van der Waals surface area contributed by atoms with E-state index in [2.05, 4.69) is 21.2 Å². The number of nitrogens with one attached hydrogen (secondary N) is 1. The Morgan fingerprint density at radius 3 is 2.86 bits per heavy atom. The Morgan fingerprint density at radius 2 is 2.21 bits per heavy atom. The highest BCUT2D eigenvalue weighted by molar-refractivity contribution is 9.10. The summed E-state index contributed by atoms with van der Waals surface area (Å²) in [7, 11) is 0. The zero-order valence-corrected chi connectivity index (χ0v) is 9.27. The molecule has 0 radical (unpaired) electrons. The average molecular weight is 256 g/mol. The van der Waals surface area contributed by atoms with Crippen LogP contribution in [-0.4, -0.2) is 13.1 Å². The lowest BCUT2D eigenvalue weighted by molar-refractivity contribution is 0.626. The van der Waals surface area contributed by atoms with E-state index < -0.39 is 0 Å². The van der Waals surface area contributed by atoms with Crippen molar-refractivity contribution in [3.05, 3.63) is 39.6 Å². The van der Waals surface area contributed by atoms with Crippen LogP contribution in [0.4, 0.5) is 4.39 Å². The van der Waals surface area contributed by atoms with Gasteiger partial charge in [0.1, 0.15) is 5.82 Å². The van der Waals surface area contributed by atoms with Crippen LogP contribution < -0.4 is 5.32 Å². The summed E-state index contributed by atoms with van der Waals surface area (Å²) in [6, 6.07) is 4.94. The number of halogens is 2. The highest BCUT2D eigenvalue weighted by Gasteiger charge is 2.05. The highest BCUT2D eigenvalue weighted by Crippen LogP contribution is 2.18. The minimum atomic E-state index is -0.197. The molecule has 14 heavy (non-hydrogen) atoms. The van der Waals surface area contributed by atoms with Gasteiger partial charge in [0, 0.05) is 11.0 Å². The Bertz CT molecular complexity index is 345. The van der Waals surface area contributed by atoms with Crippen LogP contribution in [0.2, 0.25) is 0 Å². The van der Waals surface area contributed by atoms with Crippen LogP contribution in [0.3, 0.4) is 0 Å². The molecule has 0 unspecified atom stereocenters. The second-order valence-electron chi connectivity index (χ2n) is 3.43. The monoisotopic (exact) mass is 255 g/mol. The fourth-order valence-electron chi connectivity index (χ4n) is 1.60. The Kier molecular flexibility index (Phi) is 2.99. The fraction of sp³-hybridized carbons (Fsp3) is 0.273. The van der Waals surface area contributed by atoms with Crippen molar-refractivity contribution in [2.24, 2.45) is 0 Å². The summed E-state index contributed by atoms with van der Waals surface area (Å²) in [5.41, 5.74) is 2.26. The van der Waals surface area contributed by atoms with E-state index >= 15 is 0 Å². The zero-order chi connectivity index (χ0) is 9.97. The number of hydrogen-bond donors (Lipinski definition) is 1. The normalized spacial score (nSPS) is 19.1. The van der Waals surface area contributed by atoms with Crippen molar-refractivity contribution in [1.29, 1.82) is 0 Å². The van der Waals surface area contributed by atoms with Gasteiger partial charge in [-0.1, -0.05) is 27.6 Å². The molecule has 1 nitrogen and oxygen atoms in total. The van der Waals surface area contributed by atoms with Gasteiger partial charge in [0.25, 0.3) is 0 Å². The topological polar surface area (TPSA) is 12.0 Å². The molecule has 0 saturated carbocycles. The third-order valence-corrected chi connectivity index (χ3v) is 2.69. The van der Waals surface area contributed by atoms with Gasteiger partial charge in [-0.3, -0.25) is 0 Å². The summed E-state index contributed by atoms with van der Waals surface area (Å²) in [5.74, 6) is -0.197. The van der Waals surface area contributed by atoms with Gasteiger partial charge in [-0.05, 0) is 36.7 Å². The molecule has 0 bridgehead atoms. The van der Waals surface area contributed by atoms with Gasteiger partial charge >= 0.3 is 0 Å². The van der Waals surface area contributed by atoms with Gasteiger partial charge in [-0.25, -0.2) is 4.39 Å². The molecule has 0 aliphatic carbocycles. The van der Waals surface area contributed by atoms with Crippen LogP contribution in [0.15, 0.2) is 28.2 Å². The van der Waals surface area contributed by atoms with Crippen LogP contribution in [0, 0.1) is 5.82 Å². The van der Waals surface area contributed by atoms with Gasteiger partial charge in [-0.2, -0.15) is 0 Å². The first-order chi connectivity index (χ1) is 6.74. The van der Waals surface area contributed by atoms with Crippen LogP contribution in [-0.2, 0) is 0 Å². The van der Waals surface area contributed by atoms with Crippen molar-refractivity contribution in [2.45, 2.75) is 6.42 Å². The van der Waals surface area contributed by atoms with Gasteiger partial charge in [0.05, 0.1) is 0 Å². The molecular formula is C11H11BrFN. The quantitative estimate of drug-likeness (QED) is 0.814. The predicted octanol–water partition coefficient (Wildman–Crippen LogP) is 2.96. The van der Waals surface area contributed by atoms with Crippen molar-refractivity contribution in [3.8, 4) is 0 Å². The lowest BCUT2D eigenvalue weighted by atomic mass is 10.1. The summed E-state index contributed by atoms with van der Waals surface area (Å²) in [5, 5.41) is 3.25. The molecule has 1 aromatic rings. The smallest absolute Gasteiger partial charge is 0.124 e. The zero-order valence-electron chi connectivity index (χ0n) is 7.69. The van der Waals surface area contributed by atoms with E-state index in [0.29, 0.717) is 0 Å². The molecule has 1 aliphatic rings. The van der Waals surface area contributed by atoms with Gasteiger partial charge in [0.2, 0.25) is 0 Å². The fourth-order valence-corrected chi connectivity index (χ4v) is 2.09. The van der Waals surface area contributed by atoms with E-state index in [4.69, 9.17) is 0 Å². The van der Waals surface area contributed by atoms with Crippen molar-refractivity contribution >= 4 is 22.0 Å². The maximum atomic E-state index is 13.0. The van der Waals surface area contributed by atoms with Crippen molar-refractivity contribution in [2.75, 3.05) is 13.1 Å². The van der Waals surface area contributed by atoms with E-state index in [0.717, 1.165) is 29.5 Å². The maximum Gasteiger partial charge on any atom is 0.124 e. The molecule has 2 rings (SSSR count). The summed E-state index contributed by atoms with van der Waals surface area (Å²) in [4.78, 5) is 0. The lowest BCUT2D eigenvalue weighted by Crippen LogP contribution is -2.04. The third kappa shape index (κ3) is 2.42. The van der Waals surface area contributed by atoms with Crippen LogP contribution in [0.5, 0.6) is 0 Å². The Morgan fingerprint density at radius 1 is 1.36 bits per heavy atom. The van der Waals surface area contributed by atoms with E-state index in [1.807, 2.05) is 12.1 Å². The molecular weight excluding hydrogens is 245 g/mol. The first-order valence-electron chi connectivity index (χ1n) is 4.60. The van der Waals surface area contributed by atoms with E-state index in [9.17, 15) is 4.39 Å². The summed E-state index contributed by atoms with van der Waals surface area (Å²) in [6.07, 6.45) is 3.11. The molecule has 0 atom stereocenters. The molecule has 1 aliphatic heterocycles. The third-order valence-electron chi connectivity index (χ3n) is 2.23. The number of rotatable bonds is 1. The van der Waals surface area contributed by atoms with Crippen molar-refractivity contribution in [1.82, 2.24) is 5.32 Å². The van der Waals surface area contributed by atoms with Crippen molar-refractivity contribution in [3.63, 3.8) is 0 Å². The number of benzene rings is 1. The van der Waals surface area contributed by atoms with Crippen LogP contribution >= 0.6 is 15.9 Å². The van der Waals surface area contributed by atoms with E-state index in [1.54, 1.807) is 6.07 Å². The van der Waals surface area contributed by atoms with Crippen molar-refractivity contribution < 1.29 is 4.39 Å². The Hall–Kier alpha value is -0.670. The summed E-state index contributed by atoms with van der Waals surface area (Å²) < 4.78 is 13.8. The molecule has 0 amide bonds. The SMILES string of the molecule is Fc1cc(Br)cc(C=C2CCNC2)c1. The minimum Gasteiger partial charge on any atom is -0.313 e. The van der Waals surface area contributed by atoms with Gasteiger partial charge in [0.15, 0.2) is 0 Å². The van der Waals surface area contributed by atoms with E-state index in [1.165, 1.54) is 11.6 Å². The molecule has 74 valence electrons. The average Bonchev–Trinajstić information content (AvgIpc) is 2.54. The maximum absolute atomic E-state index is 13.0. The van der Waals surface area contributed by atoms with Gasteiger partial charge < -0.3 is 5.32 Å². The van der Waals surface area contributed by atoms with Gasteiger partial charge in [-0.15, -0.1) is 0 Å². The lowest BCUT2D eigenvalue weighted by Gasteiger charge is -1.98. The standard InChI is InChI=1S/C11H11BrFN/c12-10-4-9(5-11(13)6-10)3-8-1-2-14-7-8/h3-6,14H,1-2,7H2.